The first kappa shape index (κ1) is 14.0. The minimum atomic E-state index is -0.370. The van der Waals surface area contributed by atoms with Gasteiger partial charge < -0.3 is 4.74 Å². The molecule has 0 aliphatic heterocycles. The first-order chi connectivity index (χ1) is 10.7. The molecule has 0 saturated heterocycles. The molecule has 3 aromatic rings. The van der Waals surface area contributed by atoms with Crippen LogP contribution in [0.5, 0.6) is 0 Å². The smallest absolute Gasteiger partial charge is 0.338 e. The van der Waals surface area contributed by atoms with Gasteiger partial charge in [0.1, 0.15) is 12.3 Å². The number of hydrogen-bond acceptors (Lipinski definition) is 4. The third kappa shape index (κ3) is 3.20. The topological polar surface area (TPSA) is 57.0 Å². The van der Waals surface area contributed by atoms with Crippen LogP contribution in [0, 0.1) is 6.92 Å². The van der Waals surface area contributed by atoms with E-state index in [1.165, 1.54) is 0 Å². The monoisotopic (exact) mass is 293 g/mol. The Labute approximate surface area is 128 Å². The number of aryl methyl sites for hydroxylation is 1. The summed E-state index contributed by atoms with van der Waals surface area (Å²) < 4.78 is 6.90. The molecule has 0 fully saturated rings. The van der Waals surface area contributed by atoms with Crippen molar-refractivity contribution < 1.29 is 9.53 Å². The van der Waals surface area contributed by atoms with Crippen LogP contribution >= 0.6 is 0 Å². The van der Waals surface area contributed by atoms with E-state index in [9.17, 15) is 4.79 Å². The predicted octanol–water partition coefficient (Wildman–Crippen LogP) is 2.93. The molecule has 1 heterocycles. The first-order valence-electron chi connectivity index (χ1n) is 6.93. The summed E-state index contributed by atoms with van der Waals surface area (Å²) in [4.78, 5) is 11.9. The van der Waals surface area contributed by atoms with Crippen LogP contribution < -0.4 is 0 Å². The van der Waals surface area contributed by atoms with E-state index in [1.807, 2.05) is 37.3 Å². The van der Waals surface area contributed by atoms with Gasteiger partial charge in [-0.1, -0.05) is 35.5 Å². The highest BCUT2D eigenvalue weighted by Crippen LogP contribution is 2.10. The molecule has 110 valence electrons. The van der Waals surface area contributed by atoms with Crippen molar-refractivity contribution in [2.75, 3.05) is 0 Å². The maximum Gasteiger partial charge on any atom is 0.338 e. The van der Waals surface area contributed by atoms with Gasteiger partial charge in [-0.3, -0.25) is 0 Å². The molecule has 0 unspecified atom stereocenters. The Morgan fingerprint density at radius 1 is 1.14 bits per heavy atom. The Balaban J connectivity index is 1.66. The van der Waals surface area contributed by atoms with Crippen molar-refractivity contribution in [3.05, 3.63) is 77.6 Å². The van der Waals surface area contributed by atoms with Crippen LogP contribution in [-0.2, 0) is 11.3 Å². The Morgan fingerprint density at radius 2 is 1.95 bits per heavy atom. The van der Waals surface area contributed by atoms with Crippen molar-refractivity contribution in [3.63, 3.8) is 0 Å². The molecule has 0 bridgehead atoms. The fourth-order valence-corrected chi connectivity index (χ4v) is 2.06. The van der Waals surface area contributed by atoms with E-state index in [-0.39, 0.29) is 12.6 Å². The molecule has 5 heteroatoms. The molecule has 5 nitrogen and oxygen atoms in total. The quantitative estimate of drug-likeness (QED) is 0.694. The number of ether oxygens (including phenoxy) is 1. The Kier molecular flexibility index (Phi) is 3.96. The van der Waals surface area contributed by atoms with Gasteiger partial charge in [0.15, 0.2) is 0 Å². The Morgan fingerprint density at radius 3 is 2.73 bits per heavy atom. The summed E-state index contributed by atoms with van der Waals surface area (Å²) in [5.74, 6) is -0.370. The van der Waals surface area contributed by atoms with Crippen LogP contribution in [0.4, 0.5) is 0 Å². The van der Waals surface area contributed by atoms with Crippen LogP contribution in [0.1, 0.15) is 21.6 Å². The normalized spacial score (nSPS) is 10.4. The number of benzene rings is 2. The molecule has 0 aliphatic carbocycles. The van der Waals surface area contributed by atoms with Gasteiger partial charge in [0.25, 0.3) is 0 Å². The van der Waals surface area contributed by atoms with Crippen LogP contribution in [0.25, 0.3) is 5.69 Å². The lowest BCUT2D eigenvalue weighted by Crippen LogP contribution is -2.05. The summed E-state index contributed by atoms with van der Waals surface area (Å²) in [6.07, 6.45) is 1.76. The molecule has 0 spiro atoms. The lowest BCUT2D eigenvalue weighted by atomic mass is 10.2. The van der Waals surface area contributed by atoms with E-state index in [4.69, 9.17) is 4.74 Å². The van der Waals surface area contributed by atoms with Gasteiger partial charge in [-0.25, -0.2) is 9.48 Å². The van der Waals surface area contributed by atoms with Crippen LogP contribution in [0.3, 0.4) is 0 Å². The molecule has 0 N–H and O–H groups in total. The third-order valence-electron chi connectivity index (χ3n) is 3.17. The lowest BCUT2D eigenvalue weighted by molar-refractivity contribution is 0.0467. The average molecular weight is 293 g/mol. The highest BCUT2D eigenvalue weighted by Gasteiger charge is 2.09. The zero-order valence-corrected chi connectivity index (χ0v) is 12.1. The number of nitrogens with zero attached hydrogens (tertiary/aromatic N) is 3. The van der Waals surface area contributed by atoms with E-state index in [0.717, 1.165) is 11.3 Å². The summed E-state index contributed by atoms with van der Waals surface area (Å²) in [6, 6.07) is 16.8. The second kappa shape index (κ2) is 6.22. The van der Waals surface area contributed by atoms with Crippen molar-refractivity contribution in [1.29, 1.82) is 0 Å². The molecule has 0 atom stereocenters. The SMILES string of the molecule is Cc1cccc(-n2cc(COC(=O)c3ccccc3)nn2)c1. The van der Waals surface area contributed by atoms with E-state index in [1.54, 1.807) is 35.1 Å². The largest absolute Gasteiger partial charge is 0.455 e. The highest BCUT2D eigenvalue weighted by atomic mass is 16.5. The summed E-state index contributed by atoms with van der Waals surface area (Å²) in [7, 11) is 0. The molecule has 2 aromatic carbocycles. The number of esters is 1. The summed E-state index contributed by atoms with van der Waals surface area (Å²) in [6.45, 7) is 2.11. The number of carbonyl (C=O) groups is 1. The molecule has 1 aromatic heterocycles. The maximum absolute atomic E-state index is 11.9. The second-order valence-electron chi connectivity index (χ2n) is 4.94. The third-order valence-corrected chi connectivity index (χ3v) is 3.17. The zero-order chi connectivity index (χ0) is 15.4. The average Bonchev–Trinajstić information content (AvgIpc) is 3.02. The van der Waals surface area contributed by atoms with Gasteiger partial charge >= 0.3 is 5.97 Å². The van der Waals surface area contributed by atoms with E-state index >= 15 is 0 Å². The Bertz CT molecular complexity index is 781. The molecule has 0 amide bonds. The van der Waals surface area contributed by atoms with Crippen molar-refractivity contribution >= 4 is 5.97 Å². The molecule has 22 heavy (non-hydrogen) atoms. The van der Waals surface area contributed by atoms with E-state index in [2.05, 4.69) is 10.3 Å². The van der Waals surface area contributed by atoms with E-state index < -0.39 is 0 Å². The molecular formula is C17H15N3O2. The number of aromatic nitrogens is 3. The summed E-state index contributed by atoms with van der Waals surface area (Å²) >= 11 is 0. The van der Waals surface area contributed by atoms with Crippen molar-refractivity contribution in [3.8, 4) is 5.69 Å². The van der Waals surface area contributed by atoms with Gasteiger partial charge in [-0.2, -0.15) is 0 Å². The minimum absolute atomic E-state index is 0.0968. The molecule has 0 saturated carbocycles. The summed E-state index contributed by atoms with van der Waals surface area (Å²) in [5, 5.41) is 8.08. The molecular weight excluding hydrogens is 278 g/mol. The van der Waals surface area contributed by atoms with Gasteiger partial charge in [0.2, 0.25) is 0 Å². The molecule has 0 aliphatic rings. The maximum atomic E-state index is 11.9. The fourth-order valence-electron chi connectivity index (χ4n) is 2.06. The predicted molar refractivity (Wildman–Crippen MR) is 81.7 cm³/mol. The van der Waals surface area contributed by atoms with Gasteiger partial charge in [0.05, 0.1) is 17.4 Å². The molecule has 3 rings (SSSR count). The summed E-state index contributed by atoms with van der Waals surface area (Å²) in [5.41, 5.74) is 3.19. The van der Waals surface area contributed by atoms with Crippen LogP contribution in [-0.4, -0.2) is 21.0 Å². The number of rotatable bonds is 4. The second-order valence-corrected chi connectivity index (χ2v) is 4.94. The lowest BCUT2D eigenvalue weighted by Gasteiger charge is -2.02. The van der Waals surface area contributed by atoms with Crippen LogP contribution in [0.2, 0.25) is 0 Å². The first-order valence-corrected chi connectivity index (χ1v) is 6.93. The van der Waals surface area contributed by atoms with Gasteiger partial charge in [0, 0.05) is 0 Å². The van der Waals surface area contributed by atoms with E-state index in [0.29, 0.717) is 11.3 Å². The van der Waals surface area contributed by atoms with Crippen molar-refractivity contribution in [1.82, 2.24) is 15.0 Å². The van der Waals surface area contributed by atoms with Crippen molar-refractivity contribution in [2.24, 2.45) is 0 Å². The van der Waals surface area contributed by atoms with Crippen molar-refractivity contribution in [2.45, 2.75) is 13.5 Å². The number of carbonyl (C=O) groups excluding carboxylic acids is 1. The van der Waals surface area contributed by atoms with Gasteiger partial charge in [-0.05, 0) is 36.8 Å². The fraction of sp³-hybridized carbons (Fsp3) is 0.118. The zero-order valence-electron chi connectivity index (χ0n) is 12.1. The van der Waals surface area contributed by atoms with Gasteiger partial charge in [-0.15, -0.1) is 5.10 Å². The Hall–Kier alpha value is -2.95. The van der Waals surface area contributed by atoms with Crippen LogP contribution in [0.15, 0.2) is 60.8 Å². The number of hydrogen-bond donors (Lipinski definition) is 0. The standard InChI is InChI=1S/C17H15N3O2/c1-13-6-5-9-16(10-13)20-11-15(18-19-20)12-22-17(21)14-7-3-2-4-8-14/h2-11H,12H2,1H3. The minimum Gasteiger partial charge on any atom is -0.455 e. The molecule has 0 radical (unpaired) electrons. The highest BCUT2D eigenvalue weighted by molar-refractivity contribution is 5.89.